The van der Waals surface area contributed by atoms with Crippen LogP contribution in [0.1, 0.15) is 16.9 Å². The summed E-state index contributed by atoms with van der Waals surface area (Å²) < 4.78 is 0. The first-order chi connectivity index (χ1) is 11.7. The summed E-state index contributed by atoms with van der Waals surface area (Å²) in [6.45, 7) is 1.50. The summed E-state index contributed by atoms with van der Waals surface area (Å²) in [6.07, 6.45) is 0.874. The Kier molecular flexibility index (Phi) is 5.28. The maximum Gasteiger partial charge on any atom is 0.271 e. The number of aromatic amines is 1. The van der Waals surface area contributed by atoms with Gasteiger partial charge in [-0.3, -0.25) is 9.89 Å². The summed E-state index contributed by atoms with van der Waals surface area (Å²) in [5, 5.41) is 11.9. The summed E-state index contributed by atoms with van der Waals surface area (Å²) in [4.78, 5) is 15.4. The van der Waals surface area contributed by atoms with E-state index in [2.05, 4.69) is 39.6 Å². The standard InChI is InChI=1S/C18H20N4OS/c1-22(14-7-3-2-4-8-14)11-6-10-19-18(23)16-13-15(20-21-16)17-9-5-12-24-17/h2-5,7-9,12-13H,6,10-11H2,1H3,(H,19,23)(H,20,21). The zero-order valence-electron chi connectivity index (χ0n) is 13.5. The lowest BCUT2D eigenvalue weighted by molar-refractivity contribution is 0.0948. The van der Waals surface area contributed by atoms with Crippen LogP contribution in [0.3, 0.4) is 0 Å². The predicted molar refractivity (Wildman–Crippen MR) is 98.6 cm³/mol. The van der Waals surface area contributed by atoms with Crippen LogP contribution in [-0.2, 0) is 0 Å². The molecule has 124 valence electrons. The zero-order chi connectivity index (χ0) is 16.8. The molecule has 5 nitrogen and oxygen atoms in total. The molecule has 0 fully saturated rings. The molecule has 6 heteroatoms. The Morgan fingerprint density at radius 1 is 1.25 bits per heavy atom. The van der Waals surface area contributed by atoms with Crippen LogP contribution in [-0.4, -0.2) is 36.2 Å². The van der Waals surface area contributed by atoms with Crippen molar-refractivity contribution in [3.05, 3.63) is 59.6 Å². The Labute approximate surface area is 145 Å². The molecule has 24 heavy (non-hydrogen) atoms. The Hall–Kier alpha value is -2.60. The first kappa shape index (κ1) is 16.3. The molecular formula is C18H20N4OS. The van der Waals surface area contributed by atoms with Gasteiger partial charge in [-0.25, -0.2) is 0 Å². The highest BCUT2D eigenvalue weighted by Crippen LogP contribution is 2.22. The van der Waals surface area contributed by atoms with Gasteiger partial charge in [0.25, 0.3) is 5.91 Å². The summed E-state index contributed by atoms with van der Waals surface area (Å²) in [7, 11) is 2.05. The van der Waals surface area contributed by atoms with Gasteiger partial charge >= 0.3 is 0 Å². The third kappa shape index (κ3) is 4.02. The van der Waals surface area contributed by atoms with Gasteiger partial charge in [-0.2, -0.15) is 5.10 Å². The number of para-hydroxylation sites is 1. The minimum absolute atomic E-state index is 0.142. The van der Waals surface area contributed by atoms with E-state index in [4.69, 9.17) is 0 Å². The normalized spacial score (nSPS) is 10.5. The maximum atomic E-state index is 12.1. The van der Waals surface area contributed by atoms with Crippen molar-refractivity contribution >= 4 is 22.9 Å². The third-order valence-electron chi connectivity index (χ3n) is 3.75. The quantitative estimate of drug-likeness (QED) is 0.648. The van der Waals surface area contributed by atoms with Crippen molar-refractivity contribution in [3.63, 3.8) is 0 Å². The van der Waals surface area contributed by atoms with Crippen molar-refractivity contribution < 1.29 is 4.79 Å². The number of carbonyl (C=O) groups excluding carboxylic acids is 1. The van der Waals surface area contributed by atoms with Gasteiger partial charge in [0, 0.05) is 25.8 Å². The number of benzene rings is 1. The van der Waals surface area contributed by atoms with Crippen LogP contribution < -0.4 is 10.2 Å². The lowest BCUT2D eigenvalue weighted by Gasteiger charge is -2.19. The number of hydrogen-bond donors (Lipinski definition) is 2. The fourth-order valence-corrected chi connectivity index (χ4v) is 3.11. The lowest BCUT2D eigenvalue weighted by Crippen LogP contribution is -2.28. The van der Waals surface area contributed by atoms with E-state index < -0.39 is 0 Å². The molecule has 0 atom stereocenters. The largest absolute Gasteiger partial charge is 0.375 e. The number of rotatable bonds is 7. The topological polar surface area (TPSA) is 61.0 Å². The number of amides is 1. The summed E-state index contributed by atoms with van der Waals surface area (Å²) >= 11 is 1.62. The monoisotopic (exact) mass is 340 g/mol. The minimum Gasteiger partial charge on any atom is -0.375 e. The molecule has 2 aromatic heterocycles. The van der Waals surface area contributed by atoms with Gasteiger partial charge in [0.1, 0.15) is 0 Å². The molecule has 0 aliphatic rings. The Morgan fingerprint density at radius 3 is 2.83 bits per heavy atom. The second kappa shape index (κ2) is 7.79. The minimum atomic E-state index is -0.142. The van der Waals surface area contributed by atoms with Gasteiger partial charge in [-0.15, -0.1) is 11.3 Å². The first-order valence-corrected chi connectivity index (χ1v) is 8.75. The fourth-order valence-electron chi connectivity index (χ4n) is 2.42. The van der Waals surface area contributed by atoms with Gasteiger partial charge in [0.2, 0.25) is 0 Å². The van der Waals surface area contributed by atoms with Crippen molar-refractivity contribution in [1.29, 1.82) is 0 Å². The second-order valence-electron chi connectivity index (χ2n) is 5.51. The Bertz CT molecular complexity index is 767. The molecule has 2 heterocycles. The molecule has 0 aliphatic carbocycles. The molecule has 0 aliphatic heterocycles. The number of hydrogen-bond acceptors (Lipinski definition) is 4. The highest BCUT2D eigenvalue weighted by molar-refractivity contribution is 7.13. The molecule has 0 radical (unpaired) electrons. The average molecular weight is 340 g/mol. The van der Waals surface area contributed by atoms with Gasteiger partial charge in [-0.1, -0.05) is 24.3 Å². The second-order valence-corrected chi connectivity index (χ2v) is 6.46. The van der Waals surface area contributed by atoms with E-state index in [-0.39, 0.29) is 5.91 Å². The van der Waals surface area contributed by atoms with Crippen molar-refractivity contribution in [3.8, 4) is 10.6 Å². The number of anilines is 1. The molecule has 0 saturated carbocycles. The van der Waals surface area contributed by atoms with Gasteiger partial charge in [0.15, 0.2) is 5.69 Å². The molecular weight excluding hydrogens is 320 g/mol. The molecule has 3 aromatic rings. The summed E-state index contributed by atoms with van der Waals surface area (Å²) in [6, 6.07) is 16.0. The van der Waals surface area contributed by atoms with Gasteiger partial charge in [-0.05, 0) is 36.1 Å². The van der Waals surface area contributed by atoms with E-state index >= 15 is 0 Å². The van der Waals surface area contributed by atoms with Crippen LogP contribution in [0.15, 0.2) is 53.9 Å². The number of nitrogens with one attached hydrogen (secondary N) is 2. The zero-order valence-corrected chi connectivity index (χ0v) is 14.3. The van der Waals surface area contributed by atoms with Crippen molar-refractivity contribution in [2.45, 2.75) is 6.42 Å². The maximum absolute atomic E-state index is 12.1. The first-order valence-electron chi connectivity index (χ1n) is 7.88. The van der Waals surface area contributed by atoms with Gasteiger partial charge in [0.05, 0.1) is 10.6 Å². The SMILES string of the molecule is CN(CCCNC(=O)c1cc(-c2cccs2)[nH]n1)c1ccccc1. The van der Waals surface area contributed by atoms with Crippen LogP contribution >= 0.6 is 11.3 Å². The van der Waals surface area contributed by atoms with Crippen LogP contribution in [0.5, 0.6) is 0 Å². The number of H-pyrrole nitrogens is 1. The molecule has 0 spiro atoms. The van der Waals surface area contributed by atoms with Crippen LogP contribution in [0.2, 0.25) is 0 Å². The van der Waals surface area contributed by atoms with E-state index in [0.717, 1.165) is 23.5 Å². The predicted octanol–water partition coefficient (Wildman–Crippen LogP) is 3.39. The molecule has 0 saturated heterocycles. The molecule has 1 aromatic carbocycles. The molecule has 2 N–H and O–H groups in total. The Balaban J connectivity index is 1.44. The smallest absolute Gasteiger partial charge is 0.271 e. The van der Waals surface area contributed by atoms with E-state index in [1.54, 1.807) is 17.4 Å². The summed E-state index contributed by atoms with van der Waals surface area (Å²) in [5.41, 5.74) is 2.48. The third-order valence-corrected chi connectivity index (χ3v) is 4.65. The van der Waals surface area contributed by atoms with Crippen LogP contribution in [0.25, 0.3) is 10.6 Å². The fraction of sp³-hybridized carbons (Fsp3) is 0.222. The van der Waals surface area contributed by atoms with E-state index in [1.165, 1.54) is 5.69 Å². The van der Waals surface area contributed by atoms with Crippen molar-refractivity contribution in [1.82, 2.24) is 15.5 Å². The highest BCUT2D eigenvalue weighted by Gasteiger charge is 2.11. The van der Waals surface area contributed by atoms with Crippen LogP contribution in [0, 0.1) is 0 Å². The average Bonchev–Trinajstić information content (AvgIpc) is 3.30. The molecule has 0 bridgehead atoms. The number of aromatic nitrogens is 2. The van der Waals surface area contributed by atoms with Gasteiger partial charge < -0.3 is 10.2 Å². The number of carbonyl (C=O) groups is 1. The van der Waals surface area contributed by atoms with Crippen molar-refractivity contribution in [2.24, 2.45) is 0 Å². The van der Waals surface area contributed by atoms with E-state index in [1.807, 2.05) is 35.7 Å². The van der Waals surface area contributed by atoms with E-state index in [9.17, 15) is 4.79 Å². The van der Waals surface area contributed by atoms with E-state index in [0.29, 0.717) is 12.2 Å². The molecule has 1 amide bonds. The summed E-state index contributed by atoms with van der Waals surface area (Å²) in [5.74, 6) is -0.142. The lowest BCUT2D eigenvalue weighted by atomic mass is 10.2. The molecule has 3 rings (SSSR count). The molecule has 0 unspecified atom stereocenters. The number of thiophene rings is 1. The van der Waals surface area contributed by atoms with Crippen molar-refractivity contribution in [2.75, 3.05) is 25.0 Å². The highest BCUT2D eigenvalue weighted by atomic mass is 32.1. The Morgan fingerprint density at radius 2 is 2.08 bits per heavy atom. The number of nitrogens with zero attached hydrogens (tertiary/aromatic N) is 2. The van der Waals surface area contributed by atoms with Crippen LogP contribution in [0.4, 0.5) is 5.69 Å².